The van der Waals surface area contributed by atoms with Gasteiger partial charge in [-0.25, -0.2) is 4.79 Å². The van der Waals surface area contributed by atoms with Crippen molar-refractivity contribution in [3.05, 3.63) is 35.4 Å². The summed E-state index contributed by atoms with van der Waals surface area (Å²) in [6.45, 7) is 0. The summed E-state index contributed by atoms with van der Waals surface area (Å²) in [5, 5.41) is 11.5. The monoisotopic (exact) mass is 296 g/mol. The third-order valence-electron chi connectivity index (χ3n) is 2.62. The van der Waals surface area contributed by atoms with E-state index in [1.165, 1.54) is 36.0 Å². The fraction of sp³-hybridized carbons (Fsp3) is 0.308. The molecular formula is C13H16N2O4S. The van der Waals surface area contributed by atoms with E-state index >= 15 is 0 Å². The first-order chi connectivity index (χ1) is 9.45. The second kappa shape index (κ2) is 7.54. The lowest BCUT2D eigenvalue weighted by Gasteiger charge is -2.14. The lowest BCUT2D eigenvalue weighted by Crippen LogP contribution is -2.41. The average Bonchev–Trinajstić information content (AvgIpc) is 2.42. The maximum atomic E-state index is 12.0. The third-order valence-corrected chi connectivity index (χ3v) is 3.27. The molecule has 1 aromatic rings. The Bertz CT molecular complexity index is 519. The predicted octanol–water partition coefficient (Wildman–Crippen LogP) is 0.722. The summed E-state index contributed by atoms with van der Waals surface area (Å²) in [5.41, 5.74) is 5.54. The second-order valence-corrected chi connectivity index (χ2v) is 5.08. The molecule has 0 saturated carbocycles. The Morgan fingerprint density at radius 1 is 1.35 bits per heavy atom. The Labute approximate surface area is 120 Å². The van der Waals surface area contributed by atoms with Gasteiger partial charge in [-0.15, -0.1) is 0 Å². The number of carboxylic acids is 1. The van der Waals surface area contributed by atoms with Gasteiger partial charge in [0.15, 0.2) is 0 Å². The standard InChI is InChI=1S/C13H16N2O4S/c1-20-6-5-10(13(18)19)15-12(17)9-4-2-3-8(7-9)11(14)16/h2-4,7,10H,5-6H2,1H3,(H2,14,16)(H,15,17)(H,18,19). The van der Waals surface area contributed by atoms with Crippen LogP contribution in [-0.2, 0) is 4.79 Å². The molecule has 4 N–H and O–H groups in total. The molecule has 0 radical (unpaired) electrons. The Kier molecular flexibility index (Phi) is 6.05. The number of carbonyl (C=O) groups excluding carboxylic acids is 2. The van der Waals surface area contributed by atoms with Crippen LogP contribution in [0.5, 0.6) is 0 Å². The minimum Gasteiger partial charge on any atom is -0.480 e. The number of primary amides is 1. The van der Waals surface area contributed by atoms with E-state index in [0.29, 0.717) is 12.2 Å². The topological polar surface area (TPSA) is 109 Å². The summed E-state index contributed by atoms with van der Waals surface area (Å²) in [7, 11) is 0. The van der Waals surface area contributed by atoms with Crippen LogP contribution in [0.15, 0.2) is 24.3 Å². The number of hydrogen-bond acceptors (Lipinski definition) is 4. The first-order valence-electron chi connectivity index (χ1n) is 5.88. The number of aliphatic carboxylic acids is 1. The quantitative estimate of drug-likeness (QED) is 0.687. The zero-order valence-corrected chi connectivity index (χ0v) is 11.8. The van der Waals surface area contributed by atoms with Crippen LogP contribution < -0.4 is 11.1 Å². The van der Waals surface area contributed by atoms with E-state index in [-0.39, 0.29) is 11.1 Å². The third kappa shape index (κ3) is 4.58. The van der Waals surface area contributed by atoms with E-state index in [1.807, 2.05) is 6.26 Å². The van der Waals surface area contributed by atoms with Gasteiger partial charge in [0.1, 0.15) is 6.04 Å². The molecular weight excluding hydrogens is 280 g/mol. The zero-order valence-electron chi connectivity index (χ0n) is 11.0. The Hall–Kier alpha value is -2.02. The molecule has 0 aliphatic carbocycles. The smallest absolute Gasteiger partial charge is 0.326 e. The molecule has 1 aromatic carbocycles. The largest absolute Gasteiger partial charge is 0.480 e. The second-order valence-electron chi connectivity index (χ2n) is 4.09. The van der Waals surface area contributed by atoms with Crippen LogP contribution in [0, 0.1) is 0 Å². The number of amides is 2. The number of benzene rings is 1. The molecule has 0 fully saturated rings. The van der Waals surface area contributed by atoms with Crippen LogP contribution in [0.25, 0.3) is 0 Å². The highest BCUT2D eigenvalue weighted by Crippen LogP contribution is 2.07. The van der Waals surface area contributed by atoms with Crippen LogP contribution in [0.2, 0.25) is 0 Å². The van der Waals surface area contributed by atoms with Gasteiger partial charge in [0.05, 0.1) is 0 Å². The summed E-state index contributed by atoms with van der Waals surface area (Å²) < 4.78 is 0. The molecule has 1 unspecified atom stereocenters. The SMILES string of the molecule is CSCCC(NC(=O)c1cccc(C(N)=O)c1)C(=O)O. The molecule has 108 valence electrons. The highest BCUT2D eigenvalue weighted by Gasteiger charge is 2.20. The Morgan fingerprint density at radius 2 is 2.00 bits per heavy atom. The number of rotatable bonds is 7. The number of thioether (sulfide) groups is 1. The van der Waals surface area contributed by atoms with Crippen molar-refractivity contribution in [3.8, 4) is 0 Å². The van der Waals surface area contributed by atoms with Crippen molar-refractivity contribution in [3.63, 3.8) is 0 Å². The van der Waals surface area contributed by atoms with E-state index < -0.39 is 23.8 Å². The van der Waals surface area contributed by atoms with Gasteiger partial charge in [-0.1, -0.05) is 6.07 Å². The van der Waals surface area contributed by atoms with Gasteiger partial charge in [0.2, 0.25) is 5.91 Å². The van der Waals surface area contributed by atoms with Gasteiger partial charge in [-0.3, -0.25) is 9.59 Å². The van der Waals surface area contributed by atoms with Crippen LogP contribution in [-0.4, -0.2) is 40.9 Å². The van der Waals surface area contributed by atoms with E-state index in [4.69, 9.17) is 10.8 Å². The van der Waals surface area contributed by atoms with Crippen LogP contribution in [0.4, 0.5) is 0 Å². The predicted molar refractivity (Wildman–Crippen MR) is 76.8 cm³/mol. The summed E-state index contributed by atoms with van der Waals surface area (Å²) in [6, 6.07) is 4.89. The minimum atomic E-state index is -1.08. The molecule has 0 aromatic heterocycles. The number of carbonyl (C=O) groups is 3. The molecule has 0 bridgehead atoms. The van der Waals surface area contributed by atoms with Crippen molar-refractivity contribution in [1.29, 1.82) is 0 Å². The lowest BCUT2D eigenvalue weighted by molar-refractivity contribution is -0.139. The van der Waals surface area contributed by atoms with Gasteiger partial charge in [0, 0.05) is 11.1 Å². The van der Waals surface area contributed by atoms with Crippen molar-refractivity contribution < 1.29 is 19.5 Å². The van der Waals surface area contributed by atoms with E-state index in [0.717, 1.165) is 0 Å². The molecule has 0 aliphatic heterocycles. The van der Waals surface area contributed by atoms with Crippen molar-refractivity contribution in [2.45, 2.75) is 12.5 Å². The summed E-state index contributed by atoms with van der Waals surface area (Å²) in [6.07, 6.45) is 2.19. The van der Waals surface area contributed by atoms with Crippen molar-refractivity contribution in [1.82, 2.24) is 5.32 Å². The van der Waals surface area contributed by atoms with Crippen LogP contribution in [0.3, 0.4) is 0 Å². The van der Waals surface area contributed by atoms with Crippen molar-refractivity contribution in [2.24, 2.45) is 5.73 Å². The minimum absolute atomic E-state index is 0.202. The fourth-order valence-electron chi connectivity index (χ4n) is 1.55. The molecule has 1 rings (SSSR count). The molecule has 0 aliphatic rings. The Morgan fingerprint density at radius 3 is 2.55 bits per heavy atom. The van der Waals surface area contributed by atoms with Crippen molar-refractivity contribution in [2.75, 3.05) is 12.0 Å². The number of nitrogens with one attached hydrogen (secondary N) is 1. The van der Waals surface area contributed by atoms with Gasteiger partial charge in [-0.05, 0) is 36.6 Å². The number of hydrogen-bond donors (Lipinski definition) is 3. The molecule has 1 atom stereocenters. The van der Waals surface area contributed by atoms with Crippen molar-refractivity contribution >= 4 is 29.5 Å². The Balaban J connectivity index is 2.80. The van der Waals surface area contributed by atoms with E-state index in [9.17, 15) is 14.4 Å². The van der Waals surface area contributed by atoms with E-state index in [1.54, 1.807) is 0 Å². The number of carboxylic acid groups (broad SMARTS) is 1. The number of nitrogens with two attached hydrogens (primary N) is 1. The highest BCUT2D eigenvalue weighted by atomic mass is 32.2. The first kappa shape index (κ1) is 16.0. The normalized spacial score (nSPS) is 11.7. The first-order valence-corrected chi connectivity index (χ1v) is 7.27. The van der Waals surface area contributed by atoms with E-state index in [2.05, 4.69) is 5.32 Å². The molecule has 20 heavy (non-hydrogen) atoms. The maximum absolute atomic E-state index is 12.0. The zero-order chi connectivity index (χ0) is 15.1. The molecule has 6 nitrogen and oxygen atoms in total. The summed E-state index contributed by atoms with van der Waals surface area (Å²) in [5.74, 6) is -1.64. The van der Waals surface area contributed by atoms with Gasteiger partial charge in [-0.2, -0.15) is 11.8 Å². The lowest BCUT2D eigenvalue weighted by atomic mass is 10.1. The van der Waals surface area contributed by atoms with Crippen LogP contribution >= 0.6 is 11.8 Å². The highest BCUT2D eigenvalue weighted by molar-refractivity contribution is 7.98. The molecule has 2 amide bonds. The summed E-state index contributed by atoms with van der Waals surface area (Å²) in [4.78, 5) is 34.1. The summed E-state index contributed by atoms with van der Waals surface area (Å²) >= 11 is 1.50. The molecule has 0 heterocycles. The molecule has 0 spiro atoms. The fourth-order valence-corrected chi connectivity index (χ4v) is 2.02. The molecule has 7 heteroatoms. The van der Waals surface area contributed by atoms with Gasteiger partial charge in [0.25, 0.3) is 5.91 Å². The average molecular weight is 296 g/mol. The maximum Gasteiger partial charge on any atom is 0.326 e. The van der Waals surface area contributed by atoms with Gasteiger partial charge < -0.3 is 16.2 Å². The molecule has 0 saturated heterocycles. The van der Waals surface area contributed by atoms with Crippen LogP contribution in [0.1, 0.15) is 27.1 Å². The van der Waals surface area contributed by atoms with Gasteiger partial charge >= 0.3 is 5.97 Å².